The summed E-state index contributed by atoms with van der Waals surface area (Å²) in [6.07, 6.45) is 1.12. The molecule has 0 atom stereocenters. The van der Waals surface area contributed by atoms with Crippen LogP contribution in [0.2, 0.25) is 0 Å². The minimum atomic E-state index is 0.224. The number of carbonyl (C=O) groups is 1. The Bertz CT molecular complexity index is 472. The number of anilines is 1. The Morgan fingerprint density at radius 1 is 1.33 bits per heavy atom. The summed E-state index contributed by atoms with van der Waals surface area (Å²) in [5, 5.41) is 3.46. The zero-order valence-corrected chi connectivity index (χ0v) is 10.8. The second kappa shape index (κ2) is 4.61. The van der Waals surface area contributed by atoms with Gasteiger partial charge in [0.15, 0.2) is 0 Å². The highest BCUT2D eigenvalue weighted by Gasteiger charge is 2.22. The number of hydrogen-bond donors (Lipinski definition) is 1. The standard InChI is InChI=1S/C14H19N3O/c1-16-7-8-17(10-13(16)18)9-12-4-2-3-11-5-6-15-14(11)12/h2-4,15H,5-10H2,1H3. The average molecular weight is 245 g/mol. The molecule has 4 nitrogen and oxygen atoms in total. The zero-order valence-electron chi connectivity index (χ0n) is 10.8. The van der Waals surface area contributed by atoms with Gasteiger partial charge < -0.3 is 10.2 Å². The van der Waals surface area contributed by atoms with E-state index in [1.165, 1.54) is 16.8 Å². The number of likely N-dealkylation sites (N-methyl/N-ethyl adjacent to an activating group) is 1. The molecule has 3 rings (SSSR count). The fourth-order valence-electron chi connectivity index (χ4n) is 2.73. The number of piperazine rings is 1. The molecule has 18 heavy (non-hydrogen) atoms. The normalized spacial score (nSPS) is 19.8. The summed E-state index contributed by atoms with van der Waals surface area (Å²) in [4.78, 5) is 15.7. The van der Waals surface area contributed by atoms with Crippen LogP contribution < -0.4 is 5.32 Å². The van der Waals surface area contributed by atoms with E-state index < -0.39 is 0 Å². The minimum absolute atomic E-state index is 0.224. The first-order chi connectivity index (χ1) is 8.74. The SMILES string of the molecule is CN1CCN(Cc2cccc3c2NCC3)CC1=O. The fourth-order valence-corrected chi connectivity index (χ4v) is 2.73. The van der Waals surface area contributed by atoms with Crippen LogP contribution in [0.25, 0.3) is 0 Å². The first-order valence-corrected chi connectivity index (χ1v) is 6.55. The third-order valence-electron chi connectivity index (χ3n) is 3.86. The molecular formula is C14H19N3O. The maximum Gasteiger partial charge on any atom is 0.236 e. The van der Waals surface area contributed by atoms with Crippen LogP contribution in [0.15, 0.2) is 18.2 Å². The Labute approximate surface area is 108 Å². The van der Waals surface area contributed by atoms with Crippen molar-refractivity contribution in [3.63, 3.8) is 0 Å². The van der Waals surface area contributed by atoms with Gasteiger partial charge in [0.05, 0.1) is 6.54 Å². The summed E-state index contributed by atoms with van der Waals surface area (Å²) in [6.45, 7) is 4.25. The molecule has 1 aromatic carbocycles. The Morgan fingerprint density at radius 2 is 2.22 bits per heavy atom. The lowest BCUT2D eigenvalue weighted by Crippen LogP contribution is -2.48. The molecule has 2 aliphatic rings. The van der Waals surface area contributed by atoms with Crippen LogP contribution in [0.4, 0.5) is 5.69 Å². The highest BCUT2D eigenvalue weighted by Crippen LogP contribution is 2.27. The van der Waals surface area contributed by atoms with E-state index in [1.54, 1.807) is 0 Å². The number of benzene rings is 1. The maximum atomic E-state index is 11.7. The van der Waals surface area contributed by atoms with Gasteiger partial charge in [-0.05, 0) is 17.5 Å². The van der Waals surface area contributed by atoms with Crippen molar-refractivity contribution in [3.05, 3.63) is 29.3 Å². The molecule has 0 bridgehead atoms. The molecule has 1 N–H and O–H groups in total. The number of amides is 1. The Balaban J connectivity index is 1.74. The number of fused-ring (bicyclic) bond motifs is 1. The van der Waals surface area contributed by atoms with Gasteiger partial charge in [0.25, 0.3) is 0 Å². The molecule has 2 aliphatic heterocycles. The molecule has 1 amide bonds. The molecule has 0 aromatic heterocycles. The summed E-state index contributed by atoms with van der Waals surface area (Å²) in [5.74, 6) is 0.224. The summed E-state index contributed by atoms with van der Waals surface area (Å²) in [7, 11) is 1.88. The van der Waals surface area contributed by atoms with Crippen LogP contribution in [0.3, 0.4) is 0 Å². The van der Waals surface area contributed by atoms with Gasteiger partial charge in [-0.1, -0.05) is 18.2 Å². The van der Waals surface area contributed by atoms with Crippen LogP contribution >= 0.6 is 0 Å². The summed E-state index contributed by atoms with van der Waals surface area (Å²) in [6, 6.07) is 6.48. The van der Waals surface area contributed by atoms with Gasteiger partial charge in [0.1, 0.15) is 0 Å². The van der Waals surface area contributed by atoms with Crippen LogP contribution in [0.5, 0.6) is 0 Å². The summed E-state index contributed by atoms with van der Waals surface area (Å²) < 4.78 is 0. The number of nitrogens with zero attached hydrogens (tertiary/aromatic N) is 2. The predicted molar refractivity (Wildman–Crippen MR) is 71.5 cm³/mol. The largest absolute Gasteiger partial charge is 0.384 e. The van der Waals surface area contributed by atoms with Gasteiger partial charge in [-0.25, -0.2) is 0 Å². The molecule has 1 saturated heterocycles. The number of hydrogen-bond acceptors (Lipinski definition) is 3. The smallest absolute Gasteiger partial charge is 0.236 e. The number of carbonyl (C=O) groups excluding carboxylic acids is 1. The van der Waals surface area contributed by atoms with E-state index in [4.69, 9.17) is 0 Å². The van der Waals surface area contributed by atoms with Gasteiger partial charge in [0.2, 0.25) is 5.91 Å². The van der Waals surface area contributed by atoms with Crippen molar-refractivity contribution in [2.75, 3.05) is 38.5 Å². The molecule has 0 radical (unpaired) electrons. The van der Waals surface area contributed by atoms with Crippen molar-refractivity contribution in [1.82, 2.24) is 9.80 Å². The van der Waals surface area contributed by atoms with Crippen molar-refractivity contribution in [2.45, 2.75) is 13.0 Å². The second-order valence-corrected chi connectivity index (χ2v) is 5.15. The van der Waals surface area contributed by atoms with E-state index in [0.717, 1.165) is 32.6 Å². The maximum absolute atomic E-state index is 11.7. The predicted octanol–water partition coefficient (Wildman–Crippen LogP) is 0.929. The van der Waals surface area contributed by atoms with Crippen molar-refractivity contribution in [2.24, 2.45) is 0 Å². The Kier molecular flexibility index (Phi) is 2.96. The Hall–Kier alpha value is -1.55. The minimum Gasteiger partial charge on any atom is -0.384 e. The van der Waals surface area contributed by atoms with E-state index >= 15 is 0 Å². The lowest BCUT2D eigenvalue weighted by molar-refractivity contribution is -0.134. The second-order valence-electron chi connectivity index (χ2n) is 5.15. The first kappa shape index (κ1) is 11.5. The monoisotopic (exact) mass is 245 g/mol. The van der Waals surface area contributed by atoms with Gasteiger partial charge >= 0.3 is 0 Å². The van der Waals surface area contributed by atoms with E-state index in [1.807, 2.05) is 11.9 Å². The van der Waals surface area contributed by atoms with E-state index in [9.17, 15) is 4.79 Å². The highest BCUT2D eigenvalue weighted by molar-refractivity contribution is 5.78. The lowest BCUT2D eigenvalue weighted by atomic mass is 10.1. The first-order valence-electron chi connectivity index (χ1n) is 6.55. The molecule has 96 valence electrons. The van der Waals surface area contributed by atoms with Crippen LogP contribution in [-0.2, 0) is 17.8 Å². The molecule has 1 aromatic rings. The van der Waals surface area contributed by atoms with Crippen molar-refractivity contribution < 1.29 is 4.79 Å². The van der Waals surface area contributed by atoms with Crippen LogP contribution in [-0.4, -0.2) is 48.9 Å². The molecule has 1 fully saturated rings. The molecule has 0 saturated carbocycles. The van der Waals surface area contributed by atoms with Crippen molar-refractivity contribution >= 4 is 11.6 Å². The van der Waals surface area contributed by atoms with Crippen LogP contribution in [0.1, 0.15) is 11.1 Å². The summed E-state index contributed by atoms with van der Waals surface area (Å²) in [5.41, 5.74) is 4.03. The number of para-hydroxylation sites is 1. The number of nitrogens with one attached hydrogen (secondary N) is 1. The fraction of sp³-hybridized carbons (Fsp3) is 0.500. The molecule has 0 aliphatic carbocycles. The number of rotatable bonds is 2. The van der Waals surface area contributed by atoms with Gasteiger partial charge in [0, 0.05) is 38.9 Å². The molecular weight excluding hydrogens is 226 g/mol. The molecule has 0 unspecified atom stereocenters. The Morgan fingerprint density at radius 3 is 3.06 bits per heavy atom. The van der Waals surface area contributed by atoms with E-state index in [-0.39, 0.29) is 5.91 Å². The third-order valence-corrected chi connectivity index (χ3v) is 3.86. The van der Waals surface area contributed by atoms with Gasteiger partial charge in [-0.15, -0.1) is 0 Å². The molecule has 2 heterocycles. The van der Waals surface area contributed by atoms with E-state index in [0.29, 0.717) is 6.54 Å². The topological polar surface area (TPSA) is 35.6 Å². The van der Waals surface area contributed by atoms with Crippen LogP contribution in [0, 0.1) is 0 Å². The van der Waals surface area contributed by atoms with Gasteiger partial charge in [-0.3, -0.25) is 9.69 Å². The van der Waals surface area contributed by atoms with Crippen molar-refractivity contribution in [3.8, 4) is 0 Å². The molecule has 4 heteroatoms. The quantitative estimate of drug-likeness (QED) is 0.842. The van der Waals surface area contributed by atoms with Gasteiger partial charge in [-0.2, -0.15) is 0 Å². The lowest BCUT2D eigenvalue weighted by Gasteiger charge is -2.32. The zero-order chi connectivity index (χ0) is 12.5. The highest BCUT2D eigenvalue weighted by atomic mass is 16.2. The van der Waals surface area contributed by atoms with E-state index in [2.05, 4.69) is 28.4 Å². The average Bonchev–Trinajstić information content (AvgIpc) is 2.83. The molecule has 0 spiro atoms. The summed E-state index contributed by atoms with van der Waals surface area (Å²) >= 11 is 0. The van der Waals surface area contributed by atoms with Crippen molar-refractivity contribution in [1.29, 1.82) is 0 Å². The third kappa shape index (κ3) is 2.08.